The molecule has 0 bridgehead atoms. The van der Waals surface area contributed by atoms with Crippen LogP contribution in [0.15, 0.2) is 0 Å². The van der Waals surface area contributed by atoms with E-state index in [0.717, 1.165) is 19.4 Å². The van der Waals surface area contributed by atoms with Crippen molar-refractivity contribution in [2.75, 3.05) is 13.1 Å². The molecule has 1 amide bonds. The van der Waals surface area contributed by atoms with Gasteiger partial charge in [0.15, 0.2) is 0 Å². The third-order valence-corrected chi connectivity index (χ3v) is 2.78. The van der Waals surface area contributed by atoms with Crippen LogP contribution in [0.1, 0.15) is 47.0 Å². The molecule has 0 aromatic rings. The van der Waals surface area contributed by atoms with Crippen LogP contribution in [0, 0.1) is 16.7 Å². The van der Waals surface area contributed by atoms with Gasteiger partial charge in [-0.2, -0.15) is 5.26 Å². The predicted octanol–water partition coefficient (Wildman–Crippen LogP) is 1.82. The highest BCUT2D eigenvalue weighted by atomic mass is 16.1. The number of amides is 1. The van der Waals surface area contributed by atoms with Crippen molar-refractivity contribution in [3.8, 4) is 6.07 Å². The average Bonchev–Trinajstić information content (AvgIpc) is 2.28. The van der Waals surface area contributed by atoms with E-state index >= 15 is 0 Å². The number of hydrogen-bond donors (Lipinski definition) is 2. The summed E-state index contributed by atoms with van der Waals surface area (Å²) in [5.41, 5.74) is -0.286. The maximum Gasteiger partial charge on any atom is 0.221 e. The molecule has 0 aromatic carbocycles. The normalized spacial score (nSPS) is 12.9. The number of hydrogen-bond acceptors (Lipinski definition) is 3. The van der Waals surface area contributed by atoms with Crippen molar-refractivity contribution in [1.29, 1.82) is 5.26 Å². The SMILES string of the molecule is CCC(C)NC(=O)CCNCCC(C)(C)C#N. The first-order valence-corrected chi connectivity index (χ1v) is 6.32. The van der Waals surface area contributed by atoms with Crippen molar-refractivity contribution in [2.24, 2.45) is 5.41 Å². The molecular weight excluding hydrogens is 214 g/mol. The van der Waals surface area contributed by atoms with Crippen LogP contribution in [0.5, 0.6) is 0 Å². The summed E-state index contributed by atoms with van der Waals surface area (Å²) in [5.74, 6) is 0.0893. The molecule has 98 valence electrons. The third-order valence-electron chi connectivity index (χ3n) is 2.78. The number of carbonyl (C=O) groups is 1. The molecule has 1 unspecified atom stereocenters. The van der Waals surface area contributed by atoms with Crippen LogP contribution < -0.4 is 10.6 Å². The Labute approximate surface area is 105 Å². The van der Waals surface area contributed by atoms with E-state index in [-0.39, 0.29) is 17.4 Å². The number of nitriles is 1. The van der Waals surface area contributed by atoms with Gasteiger partial charge in [-0.3, -0.25) is 4.79 Å². The lowest BCUT2D eigenvalue weighted by atomic mass is 9.91. The Kier molecular flexibility index (Phi) is 7.56. The summed E-state index contributed by atoms with van der Waals surface area (Å²) in [5, 5.41) is 14.9. The van der Waals surface area contributed by atoms with Gasteiger partial charge in [-0.15, -0.1) is 0 Å². The van der Waals surface area contributed by atoms with E-state index in [1.165, 1.54) is 0 Å². The highest BCUT2D eigenvalue weighted by Gasteiger charge is 2.15. The quantitative estimate of drug-likeness (QED) is 0.635. The molecule has 0 saturated heterocycles. The molecule has 4 heteroatoms. The maximum absolute atomic E-state index is 11.4. The zero-order valence-corrected chi connectivity index (χ0v) is 11.5. The first-order valence-electron chi connectivity index (χ1n) is 6.32. The van der Waals surface area contributed by atoms with E-state index in [0.29, 0.717) is 13.0 Å². The van der Waals surface area contributed by atoms with E-state index in [2.05, 4.69) is 16.7 Å². The predicted molar refractivity (Wildman–Crippen MR) is 69.4 cm³/mol. The van der Waals surface area contributed by atoms with Crippen LogP contribution in [0.2, 0.25) is 0 Å². The number of carbonyl (C=O) groups excluding carboxylic acids is 1. The maximum atomic E-state index is 11.4. The number of nitrogens with one attached hydrogen (secondary N) is 2. The second-order valence-electron chi connectivity index (χ2n) is 5.12. The van der Waals surface area contributed by atoms with Crippen molar-refractivity contribution in [3.05, 3.63) is 0 Å². The van der Waals surface area contributed by atoms with Crippen LogP contribution >= 0.6 is 0 Å². The molecule has 0 rings (SSSR count). The molecule has 0 aliphatic carbocycles. The fraction of sp³-hybridized carbons (Fsp3) is 0.846. The van der Waals surface area contributed by atoms with Gasteiger partial charge in [-0.05, 0) is 40.2 Å². The van der Waals surface area contributed by atoms with Crippen LogP contribution in [0.3, 0.4) is 0 Å². The Morgan fingerprint density at radius 2 is 2.06 bits per heavy atom. The van der Waals surface area contributed by atoms with E-state index in [1.54, 1.807) is 0 Å². The van der Waals surface area contributed by atoms with Gasteiger partial charge >= 0.3 is 0 Å². The summed E-state index contributed by atoms with van der Waals surface area (Å²) in [7, 11) is 0. The molecular formula is C13H25N3O. The molecule has 0 spiro atoms. The number of nitrogens with zero attached hydrogens (tertiary/aromatic N) is 1. The van der Waals surface area contributed by atoms with E-state index in [9.17, 15) is 4.79 Å². The van der Waals surface area contributed by atoms with Gasteiger partial charge in [0, 0.05) is 19.0 Å². The van der Waals surface area contributed by atoms with Crippen molar-refractivity contribution < 1.29 is 4.79 Å². The van der Waals surface area contributed by atoms with Gasteiger partial charge in [0.2, 0.25) is 5.91 Å². The summed E-state index contributed by atoms with van der Waals surface area (Å²) in [6.45, 7) is 9.34. The minimum Gasteiger partial charge on any atom is -0.354 e. The fourth-order valence-corrected chi connectivity index (χ4v) is 1.23. The van der Waals surface area contributed by atoms with Crippen molar-refractivity contribution in [2.45, 2.75) is 53.0 Å². The third kappa shape index (κ3) is 8.70. The van der Waals surface area contributed by atoms with E-state index in [1.807, 2.05) is 27.7 Å². The zero-order valence-electron chi connectivity index (χ0n) is 11.5. The van der Waals surface area contributed by atoms with Crippen LogP contribution in [-0.4, -0.2) is 25.0 Å². The molecule has 0 saturated carbocycles. The smallest absolute Gasteiger partial charge is 0.221 e. The summed E-state index contributed by atoms with van der Waals surface area (Å²) in [6.07, 6.45) is 2.25. The molecule has 0 heterocycles. The lowest BCUT2D eigenvalue weighted by molar-refractivity contribution is -0.121. The monoisotopic (exact) mass is 239 g/mol. The molecule has 0 aliphatic rings. The van der Waals surface area contributed by atoms with E-state index in [4.69, 9.17) is 5.26 Å². The van der Waals surface area contributed by atoms with Crippen LogP contribution in [-0.2, 0) is 4.79 Å². The molecule has 17 heavy (non-hydrogen) atoms. The first-order chi connectivity index (χ1) is 7.91. The highest BCUT2D eigenvalue weighted by Crippen LogP contribution is 2.16. The Hall–Kier alpha value is -1.08. The molecule has 0 aliphatic heterocycles. The fourth-order valence-electron chi connectivity index (χ4n) is 1.23. The van der Waals surface area contributed by atoms with Crippen LogP contribution in [0.4, 0.5) is 0 Å². The van der Waals surface area contributed by atoms with Gasteiger partial charge in [0.25, 0.3) is 0 Å². The van der Waals surface area contributed by atoms with Gasteiger partial charge in [0.1, 0.15) is 0 Å². The Bertz CT molecular complexity index is 268. The Balaban J connectivity index is 3.53. The second kappa shape index (κ2) is 8.08. The van der Waals surface area contributed by atoms with Crippen molar-refractivity contribution in [3.63, 3.8) is 0 Å². The minimum absolute atomic E-state index is 0.0893. The van der Waals surface area contributed by atoms with Crippen molar-refractivity contribution >= 4 is 5.91 Å². The van der Waals surface area contributed by atoms with Crippen LogP contribution in [0.25, 0.3) is 0 Å². The second-order valence-corrected chi connectivity index (χ2v) is 5.12. The number of rotatable bonds is 8. The molecule has 1 atom stereocenters. The largest absolute Gasteiger partial charge is 0.354 e. The van der Waals surface area contributed by atoms with Gasteiger partial charge in [0.05, 0.1) is 11.5 Å². The Morgan fingerprint density at radius 1 is 1.41 bits per heavy atom. The summed E-state index contributed by atoms with van der Waals surface area (Å²) < 4.78 is 0. The Morgan fingerprint density at radius 3 is 2.59 bits per heavy atom. The average molecular weight is 239 g/mol. The molecule has 4 nitrogen and oxygen atoms in total. The molecule has 0 fully saturated rings. The van der Waals surface area contributed by atoms with Gasteiger partial charge < -0.3 is 10.6 Å². The standard InChI is InChI=1S/C13H25N3O/c1-5-11(2)16-12(17)6-8-15-9-7-13(3,4)10-14/h11,15H,5-9H2,1-4H3,(H,16,17). The van der Waals surface area contributed by atoms with Gasteiger partial charge in [-0.25, -0.2) is 0 Å². The molecule has 0 aromatic heterocycles. The highest BCUT2D eigenvalue weighted by molar-refractivity contribution is 5.76. The zero-order chi connectivity index (χ0) is 13.3. The summed E-state index contributed by atoms with van der Waals surface area (Å²) in [6, 6.07) is 2.51. The topological polar surface area (TPSA) is 64.9 Å². The minimum atomic E-state index is -0.286. The molecule has 2 N–H and O–H groups in total. The molecule has 0 radical (unpaired) electrons. The van der Waals surface area contributed by atoms with E-state index < -0.39 is 0 Å². The summed E-state index contributed by atoms with van der Waals surface area (Å²) in [4.78, 5) is 11.4. The summed E-state index contributed by atoms with van der Waals surface area (Å²) >= 11 is 0. The van der Waals surface area contributed by atoms with Crippen molar-refractivity contribution in [1.82, 2.24) is 10.6 Å². The first kappa shape index (κ1) is 15.9. The lowest BCUT2D eigenvalue weighted by Crippen LogP contribution is -2.34. The lowest BCUT2D eigenvalue weighted by Gasteiger charge is -2.15. The van der Waals surface area contributed by atoms with Gasteiger partial charge in [-0.1, -0.05) is 6.92 Å².